The number of nitrogens with zero attached hydrogens (tertiary/aromatic N) is 2. The maximum atomic E-state index is 4.30. The van der Waals surface area contributed by atoms with Gasteiger partial charge in [0.25, 0.3) is 0 Å². The summed E-state index contributed by atoms with van der Waals surface area (Å²) in [6, 6.07) is 0.425. The van der Waals surface area contributed by atoms with Crippen LogP contribution in [0.5, 0.6) is 0 Å². The fraction of sp³-hybridized carbons (Fsp3) is 0.667. The van der Waals surface area contributed by atoms with E-state index in [4.69, 9.17) is 0 Å². The van der Waals surface area contributed by atoms with Crippen LogP contribution in [0.3, 0.4) is 0 Å². The van der Waals surface area contributed by atoms with E-state index in [9.17, 15) is 0 Å². The maximum absolute atomic E-state index is 4.30. The van der Waals surface area contributed by atoms with Crippen LogP contribution in [0, 0.1) is 0 Å². The summed E-state index contributed by atoms with van der Waals surface area (Å²) >= 11 is 0. The summed E-state index contributed by atoms with van der Waals surface area (Å²) in [6.45, 7) is 6.49. The lowest BCUT2D eigenvalue weighted by atomic mass is 10.2. The Labute approximate surface area is 78.4 Å². The zero-order valence-corrected chi connectivity index (χ0v) is 7.95. The molecule has 0 aliphatic carbocycles. The summed E-state index contributed by atoms with van der Waals surface area (Å²) in [4.78, 5) is 9.92. The van der Waals surface area contributed by atoms with Gasteiger partial charge in [0.15, 0.2) is 0 Å². The first-order chi connectivity index (χ1) is 6.42. The van der Waals surface area contributed by atoms with E-state index in [0.29, 0.717) is 6.04 Å². The van der Waals surface area contributed by atoms with E-state index in [1.165, 1.54) is 0 Å². The second kappa shape index (κ2) is 3.89. The van der Waals surface area contributed by atoms with Crippen molar-refractivity contribution in [2.24, 2.45) is 0 Å². The molecule has 4 heteroatoms. The lowest BCUT2D eigenvalue weighted by Crippen LogP contribution is -2.46. The van der Waals surface area contributed by atoms with Crippen molar-refractivity contribution < 1.29 is 0 Å². The van der Waals surface area contributed by atoms with Crippen LogP contribution in [0.4, 0.5) is 0 Å². The SMILES string of the molecule is CCN1CCNC[C@H]1c1ncc[nH]1. The molecule has 1 aliphatic rings. The minimum absolute atomic E-state index is 0.425. The van der Waals surface area contributed by atoms with Crippen LogP contribution in [0.1, 0.15) is 18.8 Å². The molecule has 0 aromatic carbocycles. The average molecular weight is 180 g/mol. The molecule has 0 saturated carbocycles. The van der Waals surface area contributed by atoms with Crippen molar-refractivity contribution >= 4 is 0 Å². The molecule has 1 saturated heterocycles. The quantitative estimate of drug-likeness (QED) is 0.691. The Morgan fingerprint density at radius 3 is 3.31 bits per heavy atom. The van der Waals surface area contributed by atoms with Crippen LogP contribution in [0.25, 0.3) is 0 Å². The molecule has 0 spiro atoms. The average Bonchev–Trinajstić information content (AvgIpc) is 2.70. The Morgan fingerprint density at radius 2 is 2.62 bits per heavy atom. The highest BCUT2D eigenvalue weighted by Gasteiger charge is 2.23. The molecule has 0 amide bonds. The van der Waals surface area contributed by atoms with Gasteiger partial charge in [0.05, 0.1) is 6.04 Å². The molecule has 1 aromatic rings. The number of aromatic nitrogens is 2. The van der Waals surface area contributed by atoms with Crippen molar-refractivity contribution in [2.75, 3.05) is 26.2 Å². The fourth-order valence-electron chi connectivity index (χ4n) is 1.85. The van der Waals surface area contributed by atoms with Gasteiger partial charge in [0, 0.05) is 32.0 Å². The standard InChI is InChI=1S/C9H16N4/c1-2-13-6-5-10-7-8(13)9-11-3-4-12-9/h3-4,8,10H,2,5-7H2,1H3,(H,11,12)/t8-/m0/s1. The summed E-state index contributed by atoms with van der Waals surface area (Å²) in [7, 11) is 0. The molecule has 0 radical (unpaired) electrons. The Kier molecular flexibility index (Phi) is 2.61. The summed E-state index contributed by atoms with van der Waals surface area (Å²) in [6.07, 6.45) is 3.70. The molecular weight excluding hydrogens is 164 g/mol. The zero-order chi connectivity index (χ0) is 9.10. The molecule has 0 unspecified atom stereocenters. The summed E-state index contributed by atoms with van der Waals surface area (Å²) in [5, 5.41) is 3.39. The van der Waals surface area contributed by atoms with Crippen LogP contribution in [-0.2, 0) is 0 Å². The van der Waals surface area contributed by atoms with Gasteiger partial charge < -0.3 is 10.3 Å². The van der Waals surface area contributed by atoms with E-state index in [-0.39, 0.29) is 0 Å². The third-order valence-corrected chi connectivity index (χ3v) is 2.60. The van der Waals surface area contributed by atoms with E-state index >= 15 is 0 Å². The lowest BCUT2D eigenvalue weighted by molar-refractivity contribution is 0.164. The number of hydrogen-bond acceptors (Lipinski definition) is 3. The highest BCUT2D eigenvalue weighted by molar-refractivity contribution is 4.99. The Hall–Kier alpha value is -0.870. The Bertz CT molecular complexity index is 244. The van der Waals surface area contributed by atoms with Crippen LogP contribution >= 0.6 is 0 Å². The van der Waals surface area contributed by atoms with E-state index < -0.39 is 0 Å². The van der Waals surface area contributed by atoms with Crippen molar-refractivity contribution in [1.29, 1.82) is 0 Å². The molecule has 2 heterocycles. The van der Waals surface area contributed by atoms with Gasteiger partial charge in [-0.2, -0.15) is 0 Å². The van der Waals surface area contributed by atoms with Crippen LogP contribution < -0.4 is 5.32 Å². The van der Waals surface area contributed by atoms with Crippen molar-refractivity contribution in [1.82, 2.24) is 20.2 Å². The van der Waals surface area contributed by atoms with Gasteiger partial charge >= 0.3 is 0 Å². The number of rotatable bonds is 2. The largest absolute Gasteiger partial charge is 0.347 e. The van der Waals surface area contributed by atoms with Gasteiger partial charge in [-0.05, 0) is 6.54 Å². The van der Waals surface area contributed by atoms with Gasteiger partial charge in [0.1, 0.15) is 5.82 Å². The minimum atomic E-state index is 0.425. The highest BCUT2D eigenvalue weighted by Crippen LogP contribution is 2.17. The lowest BCUT2D eigenvalue weighted by Gasteiger charge is -2.33. The topological polar surface area (TPSA) is 44.0 Å². The number of H-pyrrole nitrogens is 1. The Balaban J connectivity index is 2.11. The molecule has 13 heavy (non-hydrogen) atoms. The molecule has 0 bridgehead atoms. The van der Waals surface area contributed by atoms with Gasteiger partial charge in [-0.25, -0.2) is 4.98 Å². The molecule has 1 atom stereocenters. The smallest absolute Gasteiger partial charge is 0.124 e. The highest BCUT2D eigenvalue weighted by atomic mass is 15.2. The van der Waals surface area contributed by atoms with Gasteiger partial charge in [-0.1, -0.05) is 6.92 Å². The van der Waals surface area contributed by atoms with Crippen molar-refractivity contribution in [3.63, 3.8) is 0 Å². The molecule has 2 N–H and O–H groups in total. The van der Waals surface area contributed by atoms with Gasteiger partial charge in [0.2, 0.25) is 0 Å². The van der Waals surface area contributed by atoms with E-state index in [0.717, 1.165) is 32.0 Å². The van der Waals surface area contributed by atoms with Crippen LogP contribution in [0.2, 0.25) is 0 Å². The number of imidazole rings is 1. The molecule has 1 aliphatic heterocycles. The number of piperazine rings is 1. The summed E-state index contributed by atoms with van der Waals surface area (Å²) in [5.41, 5.74) is 0. The molecule has 2 rings (SSSR count). The van der Waals surface area contributed by atoms with Crippen molar-refractivity contribution in [3.05, 3.63) is 18.2 Å². The normalized spacial score (nSPS) is 24.8. The van der Waals surface area contributed by atoms with Crippen LogP contribution in [-0.4, -0.2) is 41.0 Å². The number of hydrogen-bond donors (Lipinski definition) is 2. The second-order valence-corrected chi connectivity index (χ2v) is 3.32. The third-order valence-electron chi connectivity index (χ3n) is 2.60. The molecule has 72 valence electrons. The van der Waals surface area contributed by atoms with Crippen molar-refractivity contribution in [2.45, 2.75) is 13.0 Å². The molecule has 1 fully saturated rings. The first-order valence-electron chi connectivity index (χ1n) is 4.86. The van der Waals surface area contributed by atoms with E-state index in [1.54, 1.807) is 0 Å². The number of likely N-dealkylation sites (N-methyl/N-ethyl adjacent to an activating group) is 1. The van der Waals surface area contributed by atoms with Gasteiger partial charge in [-0.3, -0.25) is 4.90 Å². The number of aromatic amines is 1. The maximum Gasteiger partial charge on any atom is 0.124 e. The molecule has 4 nitrogen and oxygen atoms in total. The predicted octanol–water partition coefficient (Wildman–Crippen LogP) is 0.376. The third kappa shape index (κ3) is 1.73. The second-order valence-electron chi connectivity index (χ2n) is 3.32. The van der Waals surface area contributed by atoms with Crippen molar-refractivity contribution in [3.8, 4) is 0 Å². The molecular formula is C9H16N4. The first-order valence-corrected chi connectivity index (χ1v) is 4.86. The minimum Gasteiger partial charge on any atom is -0.347 e. The molecule has 1 aromatic heterocycles. The monoisotopic (exact) mass is 180 g/mol. The predicted molar refractivity (Wildman–Crippen MR) is 51.4 cm³/mol. The van der Waals surface area contributed by atoms with E-state index in [2.05, 4.69) is 27.1 Å². The zero-order valence-electron chi connectivity index (χ0n) is 7.95. The van der Waals surface area contributed by atoms with Crippen LogP contribution in [0.15, 0.2) is 12.4 Å². The Morgan fingerprint density at radius 1 is 1.69 bits per heavy atom. The van der Waals surface area contributed by atoms with E-state index in [1.807, 2.05) is 12.4 Å². The first kappa shape index (κ1) is 8.72. The fourth-order valence-corrected chi connectivity index (χ4v) is 1.85. The number of nitrogens with one attached hydrogen (secondary N) is 2. The summed E-state index contributed by atoms with van der Waals surface area (Å²) < 4.78 is 0. The summed E-state index contributed by atoms with van der Waals surface area (Å²) in [5.74, 6) is 1.08. The van der Waals surface area contributed by atoms with Gasteiger partial charge in [-0.15, -0.1) is 0 Å².